The Morgan fingerprint density at radius 1 is 1.43 bits per heavy atom. The molecule has 0 aromatic heterocycles. The molecule has 0 spiro atoms. The summed E-state index contributed by atoms with van der Waals surface area (Å²) in [7, 11) is 0. The van der Waals surface area contributed by atoms with E-state index >= 15 is 0 Å². The van der Waals surface area contributed by atoms with E-state index in [2.05, 4.69) is 16.3 Å². The zero-order valence-electron chi connectivity index (χ0n) is 13.0. The fourth-order valence-electron chi connectivity index (χ4n) is 3.56. The first-order valence-electron chi connectivity index (χ1n) is 8.17. The van der Waals surface area contributed by atoms with Crippen molar-refractivity contribution in [3.63, 3.8) is 0 Å². The molecule has 2 rings (SSSR count). The Labute approximate surface area is 127 Å². The standard InChI is InChI=1S/C16H27N3O2/c1-13(20)14-6-5-9-19(10-14)11-15(21)18-16(12-17)7-3-2-4-8-16/h13-14,20H,2-11H2,1H3,(H,18,21). The summed E-state index contributed by atoms with van der Waals surface area (Å²) in [5.41, 5.74) is -0.644. The van der Waals surface area contributed by atoms with E-state index in [1.54, 1.807) is 0 Å². The lowest BCUT2D eigenvalue weighted by molar-refractivity contribution is -0.124. The van der Waals surface area contributed by atoms with Crippen LogP contribution in [-0.2, 0) is 4.79 Å². The van der Waals surface area contributed by atoms with Crippen LogP contribution in [0.2, 0.25) is 0 Å². The Morgan fingerprint density at radius 3 is 2.76 bits per heavy atom. The van der Waals surface area contributed by atoms with Gasteiger partial charge in [-0.3, -0.25) is 9.69 Å². The van der Waals surface area contributed by atoms with E-state index in [1.807, 2.05) is 6.92 Å². The topological polar surface area (TPSA) is 76.4 Å². The summed E-state index contributed by atoms with van der Waals surface area (Å²) in [4.78, 5) is 14.4. The molecule has 21 heavy (non-hydrogen) atoms. The van der Waals surface area contributed by atoms with E-state index in [9.17, 15) is 15.2 Å². The van der Waals surface area contributed by atoms with E-state index in [1.165, 1.54) is 0 Å². The number of carbonyl (C=O) groups is 1. The number of nitrogens with zero attached hydrogens (tertiary/aromatic N) is 2. The van der Waals surface area contributed by atoms with Crippen LogP contribution in [0.25, 0.3) is 0 Å². The lowest BCUT2D eigenvalue weighted by atomic mass is 9.83. The number of likely N-dealkylation sites (tertiary alicyclic amines) is 1. The number of rotatable bonds is 4. The van der Waals surface area contributed by atoms with Crippen LogP contribution in [0, 0.1) is 17.2 Å². The number of hydrogen-bond donors (Lipinski definition) is 2. The molecule has 2 N–H and O–H groups in total. The lowest BCUT2D eigenvalue weighted by Crippen LogP contribution is -2.52. The molecule has 0 aromatic rings. The number of carbonyl (C=O) groups excluding carboxylic acids is 1. The highest BCUT2D eigenvalue weighted by molar-refractivity contribution is 5.79. The highest BCUT2D eigenvalue weighted by Crippen LogP contribution is 2.27. The molecule has 0 radical (unpaired) electrons. The first-order chi connectivity index (χ1) is 10.0. The SMILES string of the molecule is CC(O)C1CCCN(CC(=O)NC2(C#N)CCCCC2)C1. The van der Waals surface area contributed by atoms with Gasteiger partial charge in [0, 0.05) is 6.54 Å². The highest BCUT2D eigenvalue weighted by atomic mass is 16.3. The van der Waals surface area contributed by atoms with Crippen LogP contribution in [0.15, 0.2) is 0 Å². The van der Waals surface area contributed by atoms with Crippen LogP contribution in [0.1, 0.15) is 51.9 Å². The smallest absolute Gasteiger partial charge is 0.235 e. The van der Waals surface area contributed by atoms with Crippen LogP contribution in [0.5, 0.6) is 0 Å². The molecule has 5 nitrogen and oxygen atoms in total. The Hall–Kier alpha value is -1.12. The van der Waals surface area contributed by atoms with Gasteiger partial charge in [-0.2, -0.15) is 5.26 Å². The van der Waals surface area contributed by atoms with E-state index in [0.717, 1.165) is 58.0 Å². The van der Waals surface area contributed by atoms with Gasteiger partial charge in [0.2, 0.25) is 5.91 Å². The molecule has 1 aliphatic heterocycles. The summed E-state index contributed by atoms with van der Waals surface area (Å²) in [6.45, 7) is 3.83. The van der Waals surface area contributed by atoms with Gasteiger partial charge in [0.15, 0.2) is 0 Å². The molecule has 1 saturated heterocycles. The average molecular weight is 293 g/mol. The second-order valence-corrected chi connectivity index (χ2v) is 6.68. The van der Waals surface area contributed by atoms with Gasteiger partial charge in [-0.25, -0.2) is 0 Å². The Morgan fingerprint density at radius 2 is 2.14 bits per heavy atom. The van der Waals surface area contributed by atoms with Crippen molar-refractivity contribution in [3.05, 3.63) is 0 Å². The molecule has 2 atom stereocenters. The van der Waals surface area contributed by atoms with Crippen LogP contribution in [-0.4, -0.2) is 47.2 Å². The van der Waals surface area contributed by atoms with Crippen LogP contribution < -0.4 is 5.32 Å². The fraction of sp³-hybridized carbons (Fsp3) is 0.875. The minimum atomic E-state index is -0.644. The van der Waals surface area contributed by atoms with Crippen molar-refractivity contribution in [3.8, 4) is 6.07 Å². The molecular formula is C16H27N3O2. The maximum Gasteiger partial charge on any atom is 0.235 e. The molecule has 1 heterocycles. The van der Waals surface area contributed by atoms with Gasteiger partial charge in [0.05, 0.1) is 18.7 Å². The maximum absolute atomic E-state index is 12.3. The Balaban J connectivity index is 1.85. The van der Waals surface area contributed by atoms with E-state index in [0.29, 0.717) is 6.54 Å². The molecule has 118 valence electrons. The Bertz CT molecular complexity index is 397. The number of hydrogen-bond acceptors (Lipinski definition) is 4. The van der Waals surface area contributed by atoms with Gasteiger partial charge in [0.1, 0.15) is 5.54 Å². The zero-order chi connectivity index (χ0) is 15.3. The van der Waals surface area contributed by atoms with Gasteiger partial charge in [-0.1, -0.05) is 19.3 Å². The number of aliphatic hydroxyl groups is 1. The molecule has 1 amide bonds. The first kappa shape index (κ1) is 16.3. The Kier molecular flexibility index (Phi) is 5.60. The van der Waals surface area contributed by atoms with Crippen molar-refractivity contribution in [2.24, 2.45) is 5.92 Å². The van der Waals surface area contributed by atoms with Crippen LogP contribution in [0.3, 0.4) is 0 Å². The zero-order valence-corrected chi connectivity index (χ0v) is 13.0. The molecular weight excluding hydrogens is 266 g/mol. The van der Waals surface area contributed by atoms with Crippen LogP contribution >= 0.6 is 0 Å². The maximum atomic E-state index is 12.3. The third-order valence-electron chi connectivity index (χ3n) is 4.89. The van der Waals surface area contributed by atoms with E-state index in [4.69, 9.17) is 0 Å². The van der Waals surface area contributed by atoms with E-state index in [-0.39, 0.29) is 17.9 Å². The minimum Gasteiger partial charge on any atom is -0.393 e. The number of nitrogens with one attached hydrogen (secondary N) is 1. The van der Waals surface area contributed by atoms with Gasteiger partial charge in [-0.05, 0) is 45.1 Å². The third-order valence-corrected chi connectivity index (χ3v) is 4.89. The van der Waals surface area contributed by atoms with E-state index < -0.39 is 5.54 Å². The molecule has 0 aromatic carbocycles. The number of aliphatic hydroxyl groups excluding tert-OH is 1. The van der Waals surface area contributed by atoms with Crippen LogP contribution in [0.4, 0.5) is 0 Å². The number of amides is 1. The summed E-state index contributed by atoms with van der Waals surface area (Å²) >= 11 is 0. The first-order valence-corrected chi connectivity index (χ1v) is 8.17. The largest absolute Gasteiger partial charge is 0.393 e. The van der Waals surface area contributed by atoms with Crippen molar-refractivity contribution < 1.29 is 9.90 Å². The predicted molar refractivity (Wildman–Crippen MR) is 80.4 cm³/mol. The summed E-state index contributed by atoms with van der Waals surface area (Å²) in [5.74, 6) is 0.204. The number of nitriles is 1. The molecule has 0 bridgehead atoms. The normalized spacial score (nSPS) is 27.6. The second-order valence-electron chi connectivity index (χ2n) is 6.68. The molecule has 5 heteroatoms. The van der Waals surface area contributed by atoms with Crippen molar-refractivity contribution in [2.45, 2.75) is 63.5 Å². The third kappa shape index (κ3) is 4.42. The number of piperidine rings is 1. The van der Waals surface area contributed by atoms with Gasteiger partial charge < -0.3 is 10.4 Å². The predicted octanol–water partition coefficient (Wildman–Crippen LogP) is 1.42. The molecule has 1 aliphatic carbocycles. The summed E-state index contributed by atoms with van der Waals surface area (Å²) in [5, 5.41) is 22.1. The van der Waals surface area contributed by atoms with Gasteiger partial charge in [0.25, 0.3) is 0 Å². The molecule has 2 unspecified atom stereocenters. The second kappa shape index (κ2) is 7.24. The molecule has 1 saturated carbocycles. The van der Waals surface area contributed by atoms with Crippen molar-refractivity contribution in [1.29, 1.82) is 5.26 Å². The monoisotopic (exact) mass is 293 g/mol. The van der Waals surface area contributed by atoms with Crippen molar-refractivity contribution >= 4 is 5.91 Å². The van der Waals surface area contributed by atoms with Gasteiger partial charge >= 0.3 is 0 Å². The highest BCUT2D eigenvalue weighted by Gasteiger charge is 2.34. The molecule has 2 aliphatic rings. The van der Waals surface area contributed by atoms with Crippen molar-refractivity contribution in [2.75, 3.05) is 19.6 Å². The average Bonchev–Trinajstić information content (AvgIpc) is 2.48. The van der Waals surface area contributed by atoms with Gasteiger partial charge in [-0.15, -0.1) is 0 Å². The molecule has 2 fully saturated rings. The lowest BCUT2D eigenvalue weighted by Gasteiger charge is -2.35. The summed E-state index contributed by atoms with van der Waals surface area (Å²) in [6, 6.07) is 2.32. The fourth-order valence-corrected chi connectivity index (χ4v) is 3.56. The van der Waals surface area contributed by atoms with Crippen molar-refractivity contribution in [1.82, 2.24) is 10.2 Å². The summed E-state index contributed by atoms with van der Waals surface area (Å²) < 4.78 is 0. The quantitative estimate of drug-likeness (QED) is 0.822. The minimum absolute atomic E-state index is 0.0512. The summed E-state index contributed by atoms with van der Waals surface area (Å²) in [6.07, 6.45) is 6.45.